The maximum Gasteiger partial charge on any atom is 0.319 e. The highest BCUT2D eigenvalue weighted by Gasteiger charge is 2.50. The van der Waals surface area contributed by atoms with Crippen molar-refractivity contribution in [3.63, 3.8) is 0 Å². The number of halogens is 1. The SMILES string of the molecule is CCc1cccc2cc(OCOC)cc(-c3ncc4c(N5CCCCCC5)nc(OC[C@@]56CCCN5[C@H](COc5cc(C(C(=O)OC)C(C)C)on5)CC6)nc4c3F)c12. The number of nitrogens with zero attached hydrogens (tertiary/aromatic N) is 6. The maximum absolute atomic E-state index is 17.3. The third kappa shape index (κ3) is 8.13. The Morgan fingerprint density at radius 1 is 1.00 bits per heavy atom. The Labute approximate surface area is 344 Å². The molecule has 3 aromatic heterocycles. The predicted molar refractivity (Wildman–Crippen MR) is 222 cm³/mol. The van der Waals surface area contributed by atoms with Gasteiger partial charge in [-0.1, -0.05) is 51.8 Å². The molecule has 2 aromatic carbocycles. The summed E-state index contributed by atoms with van der Waals surface area (Å²) < 4.78 is 51.7. The molecule has 0 saturated carbocycles. The summed E-state index contributed by atoms with van der Waals surface area (Å²) in [6.45, 7) is 9.33. The van der Waals surface area contributed by atoms with Gasteiger partial charge in [0.15, 0.2) is 18.4 Å². The van der Waals surface area contributed by atoms with Gasteiger partial charge >= 0.3 is 12.0 Å². The zero-order chi connectivity index (χ0) is 41.1. The van der Waals surface area contributed by atoms with Crippen molar-refractivity contribution in [2.45, 2.75) is 96.1 Å². The normalized spacial score (nSPS) is 20.3. The summed E-state index contributed by atoms with van der Waals surface area (Å²) >= 11 is 0. The topological polar surface area (TPSA) is 134 Å². The van der Waals surface area contributed by atoms with E-state index in [1.807, 2.05) is 38.1 Å². The number of rotatable bonds is 15. The van der Waals surface area contributed by atoms with E-state index in [1.54, 1.807) is 19.4 Å². The molecule has 5 aromatic rings. The van der Waals surface area contributed by atoms with Gasteiger partial charge in [-0.15, -0.1) is 0 Å². The quantitative estimate of drug-likeness (QED) is 0.0743. The van der Waals surface area contributed by atoms with Crippen LogP contribution in [0.3, 0.4) is 0 Å². The smallest absolute Gasteiger partial charge is 0.319 e. The van der Waals surface area contributed by atoms with Gasteiger partial charge in [0.05, 0.1) is 18.0 Å². The minimum atomic E-state index is -0.561. The Morgan fingerprint density at radius 2 is 1.83 bits per heavy atom. The summed E-state index contributed by atoms with van der Waals surface area (Å²) in [4.78, 5) is 31.8. The van der Waals surface area contributed by atoms with Crippen molar-refractivity contribution in [1.82, 2.24) is 25.0 Å². The Morgan fingerprint density at radius 3 is 2.59 bits per heavy atom. The molecule has 0 spiro atoms. The van der Waals surface area contributed by atoms with Gasteiger partial charge in [-0.05, 0) is 91.0 Å². The molecule has 3 atom stereocenters. The first-order valence-corrected chi connectivity index (χ1v) is 21.1. The number of aromatic nitrogens is 4. The molecule has 0 radical (unpaired) electrons. The lowest BCUT2D eigenvalue weighted by atomic mass is 9.93. The van der Waals surface area contributed by atoms with Crippen LogP contribution in [0.15, 0.2) is 47.1 Å². The van der Waals surface area contributed by atoms with Crippen molar-refractivity contribution in [2.75, 3.05) is 58.8 Å². The van der Waals surface area contributed by atoms with Crippen LogP contribution in [0.4, 0.5) is 10.2 Å². The van der Waals surface area contributed by atoms with Crippen LogP contribution in [0.5, 0.6) is 17.6 Å². The number of anilines is 1. The molecule has 0 aliphatic carbocycles. The molecule has 59 heavy (non-hydrogen) atoms. The zero-order valence-electron chi connectivity index (χ0n) is 34.8. The van der Waals surface area contributed by atoms with Crippen molar-refractivity contribution in [1.29, 1.82) is 0 Å². The largest absolute Gasteiger partial charge is 0.474 e. The lowest BCUT2D eigenvalue weighted by Crippen LogP contribution is -2.48. The molecule has 3 aliphatic heterocycles. The average molecular weight is 811 g/mol. The highest BCUT2D eigenvalue weighted by Crippen LogP contribution is 2.44. The molecule has 0 bridgehead atoms. The highest BCUT2D eigenvalue weighted by molar-refractivity contribution is 6.01. The summed E-state index contributed by atoms with van der Waals surface area (Å²) in [5, 5.41) is 6.53. The Bertz CT molecular complexity index is 2280. The van der Waals surface area contributed by atoms with Crippen LogP contribution < -0.4 is 19.1 Å². The molecule has 8 rings (SSSR count). The fourth-order valence-electron chi connectivity index (χ4n) is 9.47. The van der Waals surface area contributed by atoms with Crippen LogP contribution in [0.25, 0.3) is 32.9 Å². The Balaban J connectivity index is 1.09. The van der Waals surface area contributed by atoms with Crippen LogP contribution in [0.2, 0.25) is 0 Å². The van der Waals surface area contributed by atoms with Gasteiger partial charge in [0.1, 0.15) is 41.9 Å². The zero-order valence-corrected chi connectivity index (χ0v) is 34.8. The van der Waals surface area contributed by atoms with Crippen LogP contribution in [0.1, 0.15) is 89.4 Å². The van der Waals surface area contributed by atoms with Crippen LogP contribution in [-0.2, 0) is 20.7 Å². The number of methoxy groups -OCH3 is 2. The van der Waals surface area contributed by atoms with Gasteiger partial charge < -0.3 is 33.1 Å². The minimum Gasteiger partial charge on any atom is -0.474 e. The van der Waals surface area contributed by atoms with Crippen LogP contribution in [-0.4, -0.2) is 96.4 Å². The van der Waals surface area contributed by atoms with Crippen molar-refractivity contribution in [3.8, 4) is 28.9 Å². The molecule has 14 heteroatoms. The van der Waals surface area contributed by atoms with E-state index in [0.717, 1.165) is 93.8 Å². The van der Waals surface area contributed by atoms with Gasteiger partial charge in [-0.3, -0.25) is 14.7 Å². The van der Waals surface area contributed by atoms with Gasteiger partial charge in [-0.25, -0.2) is 4.39 Å². The van der Waals surface area contributed by atoms with Gasteiger partial charge in [0, 0.05) is 44.1 Å². The highest BCUT2D eigenvalue weighted by atomic mass is 19.1. The monoisotopic (exact) mass is 810 g/mol. The van der Waals surface area contributed by atoms with Crippen molar-refractivity contribution in [2.24, 2.45) is 5.92 Å². The van der Waals surface area contributed by atoms with Crippen LogP contribution >= 0.6 is 0 Å². The van der Waals surface area contributed by atoms with E-state index in [-0.39, 0.29) is 47.5 Å². The number of benzene rings is 2. The van der Waals surface area contributed by atoms with Gasteiger partial charge in [0.2, 0.25) is 0 Å². The van der Waals surface area contributed by atoms with Crippen molar-refractivity contribution < 1.29 is 37.4 Å². The second-order valence-electron chi connectivity index (χ2n) is 16.4. The fourth-order valence-corrected chi connectivity index (χ4v) is 9.47. The summed E-state index contributed by atoms with van der Waals surface area (Å²) in [5.41, 5.74) is 1.85. The van der Waals surface area contributed by atoms with E-state index < -0.39 is 11.7 Å². The van der Waals surface area contributed by atoms with E-state index in [1.165, 1.54) is 7.11 Å². The molecule has 314 valence electrons. The van der Waals surface area contributed by atoms with Gasteiger partial charge in [-0.2, -0.15) is 9.97 Å². The van der Waals surface area contributed by atoms with E-state index in [0.29, 0.717) is 47.4 Å². The standard InChI is InChI=1S/C45H55FN6O7/c1-6-29-13-11-14-30-21-32(58-27-54-4)22-33(38(29)30)40-39(46)41-34(24-47-40)42(51-18-9-7-8-10-19-51)49-44(48-41)57-26-45-16-12-20-52(45)31(15-17-45)25-56-36-23-35(59-50-36)37(28(2)3)43(53)55-5/h11,13-14,21-24,28,31,37H,6-10,12,15-20,25-27H2,1-5H3/t31-,37?,45-/m0/s1. The summed E-state index contributed by atoms with van der Waals surface area (Å²) in [6.07, 6.45) is 10.6. The first-order chi connectivity index (χ1) is 28.7. The number of ether oxygens (including phenoxy) is 5. The number of carbonyl (C=O) groups excluding carboxylic acids is 1. The molecule has 0 N–H and O–H groups in total. The van der Waals surface area contributed by atoms with Gasteiger partial charge in [0.25, 0.3) is 5.88 Å². The van der Waals surface area contributed by atoms with E-state index in [9.17, 15) is 4.79 Å². The van der Waals surface area contributed by atoms with E-state index in [2.05, 4.69) is 27.9 Å². The second kappa shape index (κ2) is 17.6. The number of fused-ring (bicyclic) bond motifs is 3. The third-order valence-electron chi connectivity index (χ3n) is 12.4. The Kier molecular flexibility index (Phi) is 12.2. The maximum atomic E-state index is 17.3. The third-order valence-corrected chi connectivity index (χ3v) is 12.4. The molecule has 13 nitrogen and oxygen atoms in total. The van der Waals surface area contributed by atoms with E-state index in [4.69, 9.17) is 43.2 Å². The second-order valence-corrected chi connectivity index (χ2v) is 16.4. The molecule has 3 saturated heterocycles. The summed E-state index contributed by atoms with van der Waals surface area (Å²) in [5.74, 6) is 0.499. The summed E-state index contributed by atoms with van der Waals surface area (Å²) in [6, 6.07) is 11.8. The number of pyridine rings is 1. The van der Waals surface area contributed by atoms with Crippen molar-refractivity contribution in [3.05, 3.63) is 59.7 Å². The lowest BCUT2D eigenvalue weighted by molar-refractivity contribution is -0.144. The number of hydrogen-bond acceptors (Lipinski definition) is 13. The molecular formula is C45H55FN6O7. The molecule has 1 unspecified atom stereocenters. The number of carbonyl (C=O) groups is 1. The average Bonchev–Trinajstić information content (AvgIpc) is 3.90. The van der Waals surface area contributed by atoms with Crippen LogP contribution in [0, 0.1) is 11.7 Å². The Hall–Kier alpha value is -5.08. The first-order valence-electron chi connectivity index (χ1n) is 21.1. The predicted octanol–water partition coefficient (Wildman–Crippen LogP) is 8.27. The molecule has 6 heterocycles. The first kappa shape index (κ1) is 40.7. The molecular weight excluding hydrogens is 756 g/mol. The number of aryl methyl sites for hydroxylation is 1. The number of esters is 1. The molecule has 3 aliphatic rings. The molecule has 0 amide bonds. The minimum absolute atomic E-state index is 0.0294. The summed E-state index contributed by atoms with van der Waals surface area (Å²) in [7, 11) is 2.94. The lowest BCUT2D eigenvalue weighted by Gasteiger charge is -2.34. The van der Waals surface area contributed by atoms with E-state index >= 15 is 4.39 Å². The number of hydrogen-bond donors (Lipinski definition) is 0. The van der Waals surface area contributed by atoms with Crippen molar-refractivity contribution >= 4 is 33.5 Å². The molecule has 3 fully saturated rings. The fraction of sp³-hybridized carbons (Fsp3) is 0.533.